The smallest absolute Gasteiger partial charge is 0.328 e. The Morgan fingerprint density at radius 2 is 2.29 bits per heavy atom. The fraction of sp³-hybridized carbons (Fsp3) is 0.833. The summed E-state index contributed by atoms with van der Waals surface area (Å²) in [5.41, 5.74) is 0. The highest BCUT2D eigenvalue weighted by Crippen LogP contribution is 2.13. The van der Waals surface area contributed by atoms with Gasteiger partial charge in [0.25, 0.3) is 0 Å². The van der Waals surface area contributed by atoms with Crippen molar-refractivity contribution < 1.29 is 19.1 Å². The van der Waals surface area contributed by atoms with Gasteiger partial charge in [0.2, 0.25) is 5.91 Å². The fourth-order valence-corrected chi connectivity index (χ4v) is 1.85. The number of hydrogen-bond acceptors (Lipinski definition) is 4. The third-order valence-corrected chi connectivity index (χ3v) is 2.87. The van der Waals surface area contributed by atoms with E-state index in [0.29, 0.717) is 13.0 Å². The molecule has 0 unspecified atom stereocenters. The second-order valence-corrected chi connectivity index (χ2v) is 4.23. The van der Waals surface area contributed by atoms with Crippen LogP contribution in [0.25, 0.3) is 0 Å². The zero-order chi connectivity index (χ0) is 12.7. The van der Waals surface area contributed by atoms with Gasteiger partial charge in [0, 0.05) is 6.61 Å². The van der Waals surface area contributed by atoms with E-state index in [1.54, 1.807) is 0 Å². The van der Waals surface area contributed by atoms with E-state index in [4.69, 9.17) is 4.74 Å². The van der Waals surface area contributed by atoms with Crippen molar-refractivity contribution in [2.75, 3.05) is 13.7 Å². The summed E-state index contributed by atoms with van der Waals surface area (Å²) in [7, 11) is 1.33. The molecule has 2 atom stereocenters. The Kier molecular flexibility index (Phi) is 5.97. The maximum Gasteiger partial charge on any atom is 0.328 e. The summed E-state index contributed by atoms with van der Waals surface area (Å²) in [5.74, 6) is -0.584. The van der Waals surface area contributed by atoms with Crippen molar-refractivity contribution in [3.05, 3.63) is 0 Å². The van der Waals surface area contributed by atoms with Crippen LogP contribution in [0.2, 0.25) is 0 Å². The van der Waals surface area contributed by atoms with Crippen LogP contribution in [0.4, 0.5) is 0 Å². The van der Waals surface area contributed by atoms with Crippen molar-refractivity contribution in [1.29, 1.82) is 0 Å². The largest absolute Gasteiger partial charge is 0.467 e. The first kappa shape index (κ1) is 14.0. The number of hydrogen-bond donors (Lipinski definition) is 1. The molecule has 1 rings (SSSR count). The Bertz CT molecular complexity index is 261. The van der Waals surface area contributed by atoms with Crippen LogP contribution in [0.3, 0.4) is 0 Å². The normalized spacial score (nSPS) is 20.9. The Morgan fingerprint density at radius 3 is 2.82 bits per heavy atom. The van der Waals surface area contributed by atoms with E-state index in [1.807, 2.05) is 6.92 Å². The molecule has 0 aromatic heterocycles. The Hall–Kier alpha value is -1.10. The zero-order valence-electron chi connectivity index (χ0n) is 10.5. The van der Waals surface area contributed by atoms with E-state index in [1.165, 1.54) is 7.11 Å². The highest BCUT2D eigenvalue weighted by atomic mass is 16.5. The van der Waals surface area contributed by atoms with Crippen molar-refractivity contribution in [1.82, 2.24) is 5.32 Å². The summed E-state index contributed by atoms with van der Waals surface area (Å²) in [6.45, 7) is 2.66. The van der Waals surface area contributed by atoms with Crippen LogP contribution in [0, 0.1) is 0 Å². The first-order chi connectivity index (χ1) is 8.19. The molecule has 17 heavy (non-hydrogen) atoms. The van der Waals surface area contributed by atoms with Crippen molar-refractivity contribution in [2.24, 2.45) is 0 Å². The summed E-state index contributed by atoms with van der Waals surface area (Å²) in [6.07, 6.45) is 3.70. The summed E-state index contributed by atoms with van der Waals surface area (Å²) in [5, 5.41) is 2.71. The second kappa shape index (κ2) is 7.27. The lowest BCUT2D eigenvalue weighted by atomic mass is 10.1. The molecule has 1 aliphatic heterocycles. The average Bonchev–Trinajstić information content (AvgIpc) is 2.87. The molecule has 0 aromatic carbocycles. The highest BCUT2D eigenvalue weighted by Gasteiger charge is 2.28. The van der Waals surface area contributed by atoms with Crippen LogP contribution < -0.4 is 5.32 Å². The lowest BCUT2D eigenvalue weighted by Crippen LogP contribution is -2.45. The minimum absolute atomic E-state index is 0.200. The highest BCUT2D eigenvalue weighted by molar-refractivity contribution is 5.87. The monoisotopic (exact) mass is 243 g/mol. The molecule has 98 valence electrons. The molecular weight excluding hydrogens is 222 g/mol. The second-order valence-electron chi connectivity index (χ2n) is 4.23. The van der Waals surface area contributed by atoms with E-state index in [0.717, 1.165) is 25.7 Å². The standard InChI is InChI=1S/C12H21NO4/c1-3-4-6-9(12(15)16-2)13-11(14)10-7-5-8-17-10/h9-10H,3-8H2,1-2H3,(H,13,14)/t9-,10+/m1/s1. The van der Waals surface area contributed by atoms with Gasteiger partial charge < -0.3 is 14.8 Å². The van der Waals surface area contributed by atoms with Crippen LogP contribution in [0.15, 0.2) is 0 Å². The lowest BCUT2D eigenvalue weighted by Gasteiger charge is -2.18. The third kappa shape index (κ3) is 4.34. The van der Waals surface area contributed by atoms with Gasteiger partial charge in [-0.05, 0) is 19.3 Å². The van der Waals surface area contributed by atoms with Gasteiger partial charge in [0.05, 0.1) is 7.11 Å². The number of rotatable bonds is 6. The first-order valence-corrected chi connectivity index (χ1v) is 6.18. The summed E-state index contributed by atoms with van der Waals surface area (Å²) in [6, 6.07) is -0.545. The number of unbranched alkanes of at least 4 members (excludes halogenated alkanes) is 1. The Balaban J connectivity index is 2.46. The predicted octanol–water partition coefficient (Wildman–Crippen LogP) is 1.01. The van der Waals surface area contributed by atoms with Crippen molar-refractivity contribution in [3.63, 3.8) is 0 Å². The van der Waals surface area contributed by atoms with Crippen molar-refractivity contribution in [3.8, 4) is 0 Å². The Morgan fingerprint density at radius 1 is 1.53 bits per heavy atom. The number of esters is 1. The molecule has 0 spiro atoms. The molecule has 0 saturated carbocycles. The predicted molar refractivity (Wildman–Crippen MR) is 62.4 cm³/mol. The van der Waals surface area contributed by atoms with Crippen LogP contribution in [0.5, 0.6) is 0 Å². The Labute approximate surface area is 102 Å². The van der Waals surface area contributed by atoms with Crippen LogP contribution in [-0.2, 0) is 19.1 Å². The van der Waals surface area contributed by atoms with Gasteiger partial charge in [-0.3, -0.25) is 4.79 Å². The minimum Gasteiger partial charge on any atom is -0.467 e. The fourth-order valence-electron chi connectivity index (χ4n) is 1.85. The van der Waals surface area contributed by atoms with Gasteiger partial charge in [-0.1, -0.05) is 19.8 Å². The van der Waals surface area contributed by atoms with Gasteiger partial charge >= 0.3 is 5.97 Å². The number of carbonyl (C=O) groups is 2. The number of ether oxygens (including phenoxy) is 2. The maximum absolute atomic E-state index is 11.8. The van der Waals surface area contributed by atoms with Crippen LogP contribution >= 0.6 is 0 Å². The SMILES string of the molecule is CCCC[C@@H](NC(=O)[C@@H]1CCCO1)C(=O)OC. The van der Waals surface area contributed by atoms with E-state index >= 15 is 0 Å². The quantitative estimate of drug-likeness (QED) is 0.707. The topological polar surface area (TPSA) is 64.6 Å². The van der Waals surface area contributed by atoms with E-state index in [2.05, 4.69) is 10.1 Å². The van der Waals surface area contributed by atoms with Crippen molar-refractivity contribution in [2.45, 2.75) is 51.2 Å². The molecule has 0 radical (unpaired) electrons. The van der Waals surface area contributed by atoms with E-state index in [-0.39, 0.29) is 11.9 Å². The molecular formula is C12H21NO4. The van der Waals surface area contributed by atoms with Crippen molar-refractivity contribution >= 4 is 11.9 Å². The summed E-state index contributed by atoms with van der Waals surface area (Å²) in [4.78, 5) is 23.3. The third-order valence-electron chi connectivity index (χ3n) is 2.87. The number of carbonyl (C=O) groups excluding carboxylic acids is 2. The zero-order valence-corrected chi connectivity index (χ0v) is 10.5. The summed E-state index contributed by atoms with van der Waals surface area (Å²) >= 11 is 0. The summed E-state index contributed by atoms with van der Waals surface area (Å²) < 4.78 is 9.95. The molecule has 5 heteroatoms. The number of amides is 1. The van der Waals surface area contributed by atoms with Gasteiger partial charge in [0.15, 0.2) is 0 Å². The molecule has 1 heterocycles. The molecule has 1 saturated heterocycles. The van der Waals surface area contributed by atoms with Gasteiger partial charge in [-0.15, -0.1) is 0 Å². The van der Waals surface area contributed by atoms with Gasteiger partial charge in [-0.25, -0.2) is 4.79 Å². The molecule has 0 aromatic rings. The minimum atomic E-state index is -0.545. The molecule has 0 bridgehead atoms. The number of methoxy groups -OCH3 is 1. The van der Waals surface area contributed by atoms with Gasteiger partial charge in [-0.2, -0.15) is 0 Å². The van der Waals surface area contributed by atoms with Crippen LogP contribution in [0.1, 0.15) is 39.0 Å². The van der Waals surface area contributed by atoms with E-state index in [9.17, 15) is 9.59 Å². The van der Waals surface area contributed by atoms with Crippen LogP contribution in [-0.4, -0.2) is 37.7 Å². The molecule has 0 aliphatic carbocycles. The first-order valence-electron chi connectivity index (χ1n) is 6.18. The molecule has 5 nitrogen and oxygen atoms in total. The molecule has 1 fully saturated rings. The number of nitrogens with one attached hydrogen (secondary N) is 1. The van der Waals surface area contributed by atoms with Gasteiger partial charge in [0.1, 0.15) is 12.1 Å². The maximum atomic E-state index is 11.8. The molecule has 1 aliphatic rings. The van der Waals surface area contributed by atoms with E-state index < -0.39 is 12.1 Å². The average molecular weight is 243 g/mol. The molecule has 1 N–H and O–H groups in total. The molecule has 1 amide bonds. The lowest BCUT2D eigenvalue weighted by molar-refractivity contribution is -0.146.